The van der Waals surface area contributed by atoms with E-state index in [0.29, 0.717) is 24.2 Å². The Kier molecular flexibility index (Phi) is 5.90. The lowest BCUT2D eigenvalue weighted by atomic mass is 10.1. The largest absolute Gasteiger partial charge is 0.350 e. The van der Waals surface area contributed by atoms with Gasteiger partial charge in [0.1, 0.15) is 6.04 Å². The number of hydrogen-bond acceptors (Lipinski definition) is 4. The summed E-state index contributed by atoms with van der Waals surface area (Å²) in [7, 11) is 0. The summed E-state index contributed by atoms with van der Waals surface area (Å²) in [6, 6.07) is 16.9. The lowest BCUT2D eigenvalue weighted by Gasteiger charge is -2.18. The quantitative estimate of drug-likeness (QED) is 0.506. The first-order chi connectivity index (χ1) is 15.4. The first kappa shape index (κ1) is 21.5. The van der Waals surface area contributed by atoms with Crippen molar-refractivity contribution in [3.63, 3.8) is 0 Å². The van der Waals surface area contributed by atoms with Gasteiger partial charge in [-0.15, -0.1) is 0 Å². The summed E-state index contributed by atoms with van der Waals surface area (Å²) in [4.78, 5) is 26.4. The molecule has 0 spiro atoms. The van der Waals surface area contributed by atoms with Crippen LogP contribution in [0.4, 0.5) is 0 Å². The molecule has 0 aliphatic heterocycles. The Bertz CT molecular complexity index is 1340. The van der Waals surface area contributed by atoms with E-state index in [1.54, 1.807) is 4.68 Å². The van der Waals surface area contributed by atoms with Crippen LogP contribution in [0.3, 0.4) is 0 Å². The molecular weight excluding hydrogens is 402 g/mol. The van der Waals surface area contributed by atoms with Crippen molar-refractivity contribution in [2.45, 2.75) is 46.7 Å². The predicted octanol–water partition coefficient (Wildman–Crippen LogP) is 3.77. The molecule has 2 heterocycles. The van der Waals surface area contributed by atoms with Gasteiger partial charge in [-0.05, 0) is 50.5 Å². The molecule has 0 aliphatic carbocycles. The zero-order valence-electron chi connectivity index (χ0n) is 18.8. The SMILES string of the molecule is CCC(C(=O)NCc1ccccc1C)n1nc(C)c2c(C)n(-c3ccccc3)nc2c1=O. The number of amides is 1. The third-order valence-electron chi connectivity index (χ3n) is 5.85. The van der Waals surface area contributed by atoms with Crippen LogP contribution in [0.2, 0.25) is 0 Å². The van der Waals surface area contributed by atoms with Gasteiger partial charge in [-0.3, -0.25) is 9.59 Å². The minimum atomic E-state index is -0.711. The van der Waals surface area contributed by atoms with Crippen LogP contribution < -0.4 is 10.9 Å². The highest BCUT2D eigenvalue weighted by atomic mass is 16.2. The number of rotatable bonds is 6. The van der Waals surface area contributed by atoms with Crippen LogP contribution in [0, 0.1) is 20.8 Å². The molecule has 32 heavy (non-hydrogen) atoms. The highest BCUT2D eigenvalue weighted by Crippen LogP contribution is 2.22. The number of para-hydroxylation sites is 1. The van der Waals surface area contributed by atoms with Crippen molar-refractivity contribution in [3.05, 3.63) is 87.5 Å². The van der Waals surface area contributed by atoms with Gasteiger partial charge in [0.05, 0.1) is 22.5 Å². The third-order valence-corrected chi connectivity index (χ3v) is 5.85. The highest BCUT2D eigenvalue weighted by Gasteiger charge is 2.25. The van der Waals surface area contributed by atoms with Gasteiger partial charge in [0.15, 0.2) is 5.52 Å². The molecule has 4 rings (SSSR count). The first-order valence-electron chi connectivity index (χ1n) is 10.8. The average molecular weight is 430 g/mol. The second-order valence-electron chi connectivity index (χ2n) is 7.96. The number of hydrogen-bond donors (Lipinski definition) is 1. The summed E-state index contributed by atoms with van der Waals surface area (Å²) in [6.07, 6.45) is 0.440. The van der Waals surface area contributed by atoms with E-state index in [0.717, 1.165) is 27.9 Å². The van der Waals surface area contributed by atoms with Crippen LogP contribution in [-0.2, 0) is 11.3 Å². The monoisotopic (exact) mass is 429 g/mol. The summed E-state index contributed by atoms with van der Waals surface area (Å²) < 4.78 is 3.04. The number of fused-ring (bicyclic) bond motifs is 1. The summed E-state index contributed by atoms with van der Waals surface area (Å²) >= 11 is 0. The van der Waals surface area contributed by atoms with Crippen LogP contribution in [0.5, 0.6) is 0 Å². The molecule has 0 saturated carbocycles. The number of aryl methyl sites for hydroxylation is 3. The van der Waals surface area contributed by atoms with Gasteiger partial charge in [0, 0.05) is 6.54 Å². The van der Waals surface area contributed by atoms with Gasteiger partial charge >= 0.3 is 0 Å². The standard InChI is InChI=1S/C25H27N5O2/c1-5-21(24(31)26-15-19-12-10-9-11-16(19)2)30-25(32)23-22(17(3)27-30)18(4)29(28-23)20-13-7-6-8-14-20/h6-14,21H,5,15H2,1-4H3,(H,26,31). The summed E-state index contributed by atoms with van der Waals surface area (Å²) in [5, 5.41) is 12.8. The predicted molar refractivity (Wildman–Crippen MR) is 125 cm³/mol. The summed E-state index contributed by atoms with van der Waals surface area (Å²) in [6.45, 7) is 8.06. The van der Waals surface area contributed by atoms with Gasteiger partial charge in [-0.1, -0.05) is 49.4 Å². The van der Waals surface area contributed by atoms with E-state index in [2.05, 4.69) is 15.5 Å². The third kappa shape index (κ3) is 3.82. The topological polar surface area (TPSA) is 81.8 Å². The van der Waals surface area contributed by atoms with Crippen molar-refractivity contribution in [2.24, 2.45) is 0 Å². The van der Waals surface area contributed by atoms with E-state index in [1.165, 1.54) is 4.68 Å². The highest BCUT2D eigenvalue weighted by molar-refractivity contribution is 5.84. The molecule has 0 aliphatic rings. The Morgan fingerprint density at radius 3 is 2.38 bits per heavy atom. The zero-order valence-corrected chi connectivity index (χ0v) is 18.8. The van der Waals surface area contributed by atoms with Crippen LogP contribution in [0.1, 0.15) is 41.9 Å². The fourth-order valence-corrected chi connectivity index (χ4v) is 4.06. The summed E-state index contributed by atoms with van der Waals surface area (Å²) in [5.74, 6) is -0.233. The molecule has 2 aromatic carbocycles. The molecule has 1 unspecified atom stereocenters. The van der Waals surface area contributed by atoms with Crippen LogP contribution >= 0.6 is 0 Å². The Morgan fingerprint density at radius 2 is 1.69 bits per heavy atom. The van der Waals surface area contributed by atoms with Crippen molar-refractivity contribution in [3.8, 4) is 5.69 Å². The normalized spacial score (nSPS) is 12.1. The molecule has 4 aromatic rings. The number of carbonyl (C=O) groups is 1. The molecule has 0 radical (unpaired) electrons. The Morgan fingerprint density at radius 1 is 1.00 bits per heavy atom. The molecular formula is C25H27N5O2. The molecule has 7 heteroatoms. The van der Waals surface area contributed by atoms with Gasteiger partial charge in [0.25, 0.3) is 5.56 Å². The molecule has 0 bridgehead atoms. The fourth-order valence-electron chi connectivity index (χ4n) is 4.06. The second-order valence-corrected chi connectivity index (χ2v) is 7.96. The zero-order chi connectivity index (χ0) is 22.8. The van der Waals surface area contributed by atoms with Gasteiger partial charge in [0.2, 0.25) is 5.91 Å². The van der Waals surface area contributed by atoms with E-state index >= 15 is 0 Å². The Balaban J connectivity index is 1.71. The smallest absolute Gasteiger partial charge is 0.295 e. The number of carbonyl (C=O) groups excluding carboxylic acids is 1. The molecule has 1 amide bonds. The van der Waals surface area contributed by atoms with Crippen LogP contribution in [0.25, 0.3) is 16.6 Å². The molecule has 0 fully saturated rings. The van der Waals surface area contributed by atoms with Crippen molar-refractivity contribution < 1.29 is 4.79 Å². The number of benzene rings is 2. The van der Waals surface area contributed by atoms with E-state index < -0.39 is 6.04 Å². The van der Waals surface area contributed by atoms with E-state index in [9.17, 15) is 9.59 Å². The van der Waals surface area contributed by atoms with E-state index in [-0.39, 0.29) is 11.5 Å². The first-order valence-corrected chi connectivity index (χ1v) is 10.8. The van der Waals surface area contributed by atoms with Crippen molar-refractivity contribution >= 4 is 16.8 Å². The number of nitrogens with zero attached hydrogens (tertiary/aromatic N) is 4. The van der Waals surface area contributed by atoms with Crippen molar-refractivity contribution in [2.75, 3.05) is 0 Å². The van der Waals surface area contributed by atoms with Gasteiger partial charge in [-0.25, -0.2) is 9.36 Å². The fraction of sp³-hybridized carbons (Fsp3) is 0.280. The van der Waals surface area contributed by atoms with Gasteiger partial charge < -0.3 is 5.32 Å². The Hall–Kier alpha value is -3.74. The van der Waals surface area contributed by atoms with Crippen molar-refractivity contribution in [1.29, 1.82) is 0 Å². The molecule has 2 aromatic heterocycles. The number of nitrogens with one attached hydrogen (secondary N) is 1. The maximum absolute atomic E-state index is 13.4. The molecule has 7 nitrogen and oxygen atoms in total. The molecule has 1 N–H and O–H groups in total. The molecule has 164 valence electrons. The lowest BCUT2D eigenvalue weighted by Crippen LogP contribution is -2.38. The molecule has 1 atom stereocenters. The lowest BCUT2D eigenvalue weighted by molar-refractivity contribution is -0.125. The number of aromatic nitrogens is 4. The van der Waals surface area contributed by atoms with Gasteiger partial charge in [-0.2, -0.15) is 10.2 Å². The van der Waals surface area contributed by atoms with Crippen LogP contribution in [-0.4, -0.2) is 25.5 Å². The molecule has 0 saturated heterocycles. The van der Waals surface area contributed by atoms with Crippen LogP contribution in [0.15, 0.2) is 59.4 Å². The van der Waals surface area contributed by atoms with Crippen molar-refractivity contribution in [1.82, 2.24) is 24.9 Å². The summed E-state index contributed by atoms with van der Waals surface area (Å²) in [5.41, 5.74) is 4.50. The minimum absolute atomic E-state index is 0.233. The Labute approximate surface area is 186 Å². The maximum atomic E-state index is 13.4. The van der Waals surface area contributed by atoms with E-state index in [1.807, 2.05) is 82.3 Å². The second kappa shape index (κ2) is 8.78. The maximum Gasteiger partial charge on any atom is 0.295 e. The average Bonchev–Trinajstić information content (AvgIpc) is 3.15. The van der Waals surface area contributed by atoms with E-state index in [4.69, 9.17) is 0 Å². The minimum Gasteiger partial charge on any atom is -0.350 e.